The number of hydrogen-bond acceptors (Lipinski definition) is 10. The first kappa shape index (κ1) is 28.6. The van der Waals surface area contributed by atoms with E-state index in [0.29, 0.717) is 11.8 Å². The lowest BCUT2D eigenvalue weighted by Crippen LogP contribution is -2.49. The number of thioether (sulfide) groups is 1. The highest BCUT2D eigenvalue weighted by molar-refractivity contribution is 8.01. The third-order valence-electron chi connectivity index (χ3n) is 3.92. The number of carboxylic acid groups (broad SMARTS) is 1. The van der Waals surface area contributed by atoms with Crippen LogP contribution in [-0.2, 0) is 19.1 Å². The predicted molar refractivity (Wildman–Crippen MR) is 107 cm³/mol. The van der Waals surface area contributed by atoms with Crippen LogP contribution in [0.5, 0.6) is 0 Å². The smallest absolute Gasteiger partial charge is 0.346 e. The number of hydrogen-bond donors (Lipinski definition) is 7. The summed E-state index contributed by atoms with van der Waals surface area (Å²) in [6.45, 7) is -0.617. The molecule has 0 saturated carbocycles. The van der Waals surface area contributed by atoms with Gasteiger partial charge in [0, 0.05) is 12.2 Å². The van der Waals surface area contributed by atoms with E-state index in [9.17, 15) is 30.0 Å². The zero-order valence-electron chi connectivity index (χ0n) is 16.6. The molecule has 0 aliphatic rings. The average Bonchev–Trinajstić information content (AvgIpc) is 2.72. The second-order valence-electron chi connectivity index (χ2n) is 6.32. The fourth-order valence-corrected chi connectivity index (χ4v) is 3.28. The number of carbonyl (C=O) groups is 2. The molecule has 11 nitrogen and oxygen atoms in total. The average molecular weight is 454 g/mol. The third-order valence-corrected chi connectivity index (χ3v) is 5.11. The van der Waals surface area contributed by atoms with Crippen molar-refractivity contribution in [3.8, 4) is 12.3 Å². The molecule has 0 bridgehead atoms. The van der Waals surface area contributed by atoms with Crippen LogP contribution < -0.4 is 5.32 Å². The molecule has 0 heterocycles. The van der Waals surface area contributed by atoms with Gasteiger partial charge in [-0.15, -0.1) is 18.2 Å². The van der Waals surface area contributed by atoms with Gasteiger partial charge < -0.3 is 45.4 Å². The highest BCUT2D eigenvalue weighted by Gasteiger charge is 2.41. The molecule has 2 unspecified atom stereocenters. The summed E-state index contributed by atoms with van der Waals surface area (Å²) in [7, 11) is 0. The Hall–Kier alpha value is -1.43. The Labute approximate surface area is 179 Å². The summed E-state index contributed by atoms with van der Waals surface area (Å²) in [6, 6.07) is -1.05. The Balaban J connectivity index is 4.75. The number of aliphatic hydroxyl groups excluding tert-OH is 4. The monoisotopic (exact) mass is 453 g/mol. The van der Waals surface area contributed by atoms with Gasteiger partial charge in [0.25, 0.3) is 0 Å². The fraction of sp³-hybridized carbons (Fsp3) is 0.778. The molecule has 30 heavy (non-hydrogen) atoms. The van der Waals surface area contributed by atoms with Gasteiger partial charge in [0.15, 0.2) is 0 Å². The molecule has 0 fully saturated rings. The Morgan fingerprint density at radius 2 is 1.80 bits per heavy atom. The van der Waals surface area contributed by atoms with Crippen LogP contribution >= 0.6 is 11.8 Å². The van der Waals surface area contributed by atoms with Gasteiger partial charge in [0.05, 0.1) is 44.7 Å². The van der Waals surface area contributed by atoms with Crippen molar-refractivity contribution >= 4 is 23.6 Å². The third kappa shape index (κ3) is 12.3. The summed E-state index contributed by atoms with van der Waals surface area (Å²) < 4.78 is 10.2. The molecular formula is C18H31NO10S. The van der Waals surface area contributed by atoms with Gasteiger partial charge in [0.2, 0.25) is 10.8 Å². The number of aliphatic carboxylic acids is 1. The number of rotatable bonds is 18. The van der Waals surface area contributed by atoms with Crippen molar-refractivity contribution in [2.45, 2.75) is 42.4 Å². The van der Waals surface area contributed by atoms with Crippen LogP contribution in [0, 0.1) is 12.3 Å². The maximum Gasteiger partial charge on any atom is 0.346 e. The van der Waals surface area contributed by atoms with Crippen LogP contribution in [0.25, 0.3) is 0 Å². The molecule has 0 spiro atoms. The summed E-state index contributed by atoms with van der Waals surface area (Å²) in [5.41, 5.74) is 0. The number of carboxylic acids is 1. The van der Waals surface area contributed by atoms with E-state index in [-0.39, 0.29) is 45.0 Å². The quantitative estimate of drug-likeness (QED) is 0.0662. The normalized spacial score (nSPS) is 16.1. The molecule has 0 rings (SSSR count). The standard InChI is InChI=1S/C18H31NO10S/c1-2-5-28-6-7-29-8-9-30-18(27,17(25)26)10-15(23)14(19-16(24)12-21)4-3-13(22)11-20/h1,13-15,20-23,27H,3-12H2,(H,19,24)(H,25,26)/t13?,14?,15-,18+/m0/s1. The van der Waals surface area contributed by atoms with Gasteiger partial charge in [0.1, 0.15) is 13.2 Å². The largest absolute Gasteiger partial charge is 0.478 e. The van der Waals surface area contributed by atoms with Gasteiger partial charge in [-0.25, -0.2) is 4.79 Å². The van der Waals surface area contributed by atoms with E-state index in [0.717, 1.165) is 0 Å². The molecule has 0 aromatic rings. The Bertz CT molecular complexity index is 544. The number of ether oxygens (including phenoxy) is 2. The molecule has 0 aromatic heterocycles. The lowest BCUT2D eigenvalue weighted by atomic mass is 9.98. The number of amides is 1. The summed E-state index contributed by atoms with van der Waals surface area (Å²) in [6.07, 6.45) is 1.77. The molecule has 0 saturated heterocycles. The molecule has 0 aromatic carbocycles. The second-order valence-corrected chi connectivity index (χ2v) is 7.70. The highest BCUT2D eigenvalue weighted by Crippen LogP contribution is 2.29. The fourth-order valence-electron chi connectivity index (χ4n) is 2.33. The Morgan fingerprint density at radius 3 is 2.37 bits per heavy atom. The van der Waals surface area contributed by atoms with Gasteiger partial charge in [-0.1, -0.05) is 5.92 Å². The van der Waals surface area contributed by atoms with Crippen LogP contribution in [0.2, 0.25) is 0 Å². The summed E-state index contributed by atoms with van der Waals surface area (Å²) in [4.78, 5) is 20.7. The maximum absolute atomic E-state index is 11.5. The zero-order valence-corrected chi connectivity index (χ0v) is 17.4. The van der Waals surface area contributed by atoms with Gasteiger partial charge >= 0.3 is 5.97 Å². The van der Waals surface area contributed by atoms with Crippen LogP contribution in [0.15, 0.2) is 0 Å². The number of aliphatic hydroxyl groups is 5. The molecule has 4 atom stereocenters. The molecule has 1 amide bonds. The predicted octanol–water partition coefficient (Wildman–Crippen LogP) is -2.48. The topological polar surface area (TPSA) is 186 Å². The molecular weight excluding hydrogens is 422 g/mol. The highest BCUT2D eigenvalue weighted by atomic mass is 32.2. The molecule has 0 aliphatic carbocycles. The minimum atomic E-state index is -2.36. The second kappa shape index (κ2) is 16.3. The molecule has 0 aliphatic heterocycles. The van der Waals surface area contributed by atoms with Crippen molar-refractivity contribution in [3.05, 3.63) is 0 Å². The first-order valence-corrected chi connectivity index (χ1v) is 10.2. The van der Waals surface area contributed by atoms with E-state index >= 15 is 0 Å². The number of terminal acetylenes is 1. The van der Waals surface area contributed by atoms with E-state index in [4.69, 9.17) is 26.1 Å². The first-order chi connectivity index (χ1) is 14.2. The van der Waals surface area contributed by atoms with Crippen LogP contribution in [-0.4, -0.2) is 111 Å². The summed E-state index contributed by atoms with van der Waals surface area (Å²) in [5, 5.41) is 59.8. The van der Waals surface area contributed by atoms with Crippen LogP contribution in [0.4, 0.5) is 0 Å². The molecule has 12 heteroatoms. The van der Waals surface area contributed by atoms with Crippen molar-refractivity contribution in [1.29, 1.82) is 0 Å². The SMILES string of the molecule is C#CCOCCOCCS[C@](O)(C[C@H](O)C(CCC(O)CO)NC(=O)CO)C(=O)O. The van der Waals surface area contributed by atoms with Crippen molar-refractivity contribution < 1.29 is 49.7 Å². The Kier molecular flexibility index (Phi) is 15.5. The molecule has 0 radical (unpaired) electrons. The lowest BCUT2D eigenvalue weighted by molar-refractivity contribution is -0.151. The van der Waals surface area contributed by atoms with Crippen molar-refractivity contribution in [2.75, 3.05) is 45.4 Å². The van der Waals surface area contributed by atoms with Gasteiger partial charge in [-0.3, -0.25) is 4.79 Å². The molecule has 7 N–H and O–H groups in total. The van der Waals surface area contributed by atoms with E-state index in [2.05, 4.69) is 11.2 Å². The summed E-state index contributed by atoms with van der Waals surface area (Å²) in [5.74, 6) is -0.000881. The number of nitrogens with one attached hydrogen (secondary N) is 1. The van der Waals surface area contributed by atoms with Crippen molar-refractivity contribution in [1.82, 2.24) is 5.32 Å². The minimum absolute atomic E-state index is 0.00182. The van der Waals surface area contributed by atoms with E-state index in [1.165, 1.54) is 0 Å². The maximum atomic E-state index is 11.5. The Morgan fingerprint density at radius 1 is 1.13 bits per heavy atom. The van der Waals surface area contributed by atoms with E-state index < -0.39 is 54.7 Å². The van der Waals surface area contributed by atoms with Crippen LogP contribution in [0.1, 0.15) is 19.3 Å². The lowest BCUT2D eigenvalue weighted by Gasteiger charge is -2.30. The van der Waals surface area contributed by atoms with E-state index in [1.807, 2.05) is 0 Å². The summed E-state index contributed by atoms with van der Waals surface area (Å²) >= 11 is 0.646. The van der Waals surface area contributed by atoms with E-state index in [1.54, 1.807) is 0 Å². The van der Waals surface area contributed by atoms with Crippen molar-refractivity contribution in [2.24, 2.45) is 0 Å². The first-order valence-electron chi connectivity index (χ1n) is 9.26. The van der Waals surface area contributed by atoms with Crippen LogP contribution in [0.3, 0.4) is 0 Å². The zero-order chi connectivity index (χ0) is 23.0. The number of carbonyl (C=O) groups excluding carboxylic acids is 1. The van der Waals surface area contributed by atoms with Gasteiger partial charge in [-0.2, -0.15) is 0 Å². The van der Waals surface area contributed by atoms with Crippen molar-refractivity contribution in [3.63, 3.8) is 0 Å². The minimum Gasteiger partial charge on any atom is -0.478 e. The van der Waals surface area contributed by atoms with Gasteiger partial charge in [-0.05, 0) is 12.8 Å². The molecule has 174 valence electrons.